The highest BCUT2D eigenvalue weighted by Crippen LogP contribution is 2.33. The van der Waals surface area contributed by atoms with Gasteiger partial charge in [0.1, 0.15) is 17.2 Å². The highest BCUT2D eigenvalue weighted by Gasteiger charge is 2.31. The van der Waals surface area contributed by atoms with Crippen LogP contribution in [0.3, 0.4) is 0 Å². The third-order valence-corrected chi connectivity index (χ3v) is 6.18. The van der Waals surface area contributed by atoms with Crippen molar-refractivity contribution in [1.82, 2.24) is 4.90 Å². The van der Waals surface area contributed by atoms with Gasteiger partial charge in [0, 0.05) is 32.2 Å². The first-order chi connectivity index (χ1) is 16.8. The molecule has 0 aromatic heterocycles. The second-order valence-electron chi connectivity index (χ2n) is 9.26. The SMILES string of the molecule is CC(C)(Oc1ccccc1N1CCN(CCCCOc2ccc3c(c2)NC(=O)CO3)CC1)C(=O)O. The minimum Gasteiger partial charge on any atom is -0.494 e. The molecule has 2 N–H and O–H groups in total. The number of carbonyl (C=O) groups is 2. The van der Waals surface area contributed by atoms with Crippen molar-refractivity contribution >= 4 is 23.3 Å². The quantitative estimate of drug-likeness (QED) is 0.497. The number of carboxylic acids is 1. The molecule has 1 amide bonds. The van der Waals surface area contributed by atoms with Gasteiger partial charge >= 0.3 is 5.97 Å². The van der Waals surface area contributed by atoms with Gasteiger partial charge < -0.3 is 29.5 Å². The summed E-state index contributed by atoms with van der Waals surface area (Å²) in [5.41, 5.74) is 0.289. The number of hydrogen-bond donors (Lipinski definition) is 2. The first-order valence-corrected chi connectivity index (χ1v) is 12.0. The average Bonchev–Trinajstić information content (AvgIpc) is 2.84. The summed E-state index contributed by atoms with van der Waals surface area (Å²) in [5, 5.41) is 12.2. The predicted molar refractivity (Wildman–Crippen MR) is 133 cm³/mol. The molecule has 1 fully saturated rings. The maximum atomic E-state index is 11.5. The number of para-hydroxylation sites is 2. The molecule has 2 heterocycles. The number of amides is 1. The molecule has 0 radical (unpaired) electrons. The molecule has 188 valence electrons. The summed E-state index contributed by atoms with van der Waals surface area (Å²) in [6.45, 7) is 8.35. The third-order valence-electron chi connectivity index (χ3n) is 6.18. The van der Waals surface area contributed by atoms with Crippen molar-refractivity contribution in [3.63, 3.8) is 0 Å². The van der Waals surface area contributed by atoms with Crippen LogP contribution in [-0.2, 0) is 9.59 Å². The largest absolute Gasteiger partial charge is 0.494 e. The second-order valence-corrected chi connectivity index (χ2v) is 9.26. The normalized spacial score (nSPS) is 16.2. The molecule has 0 unspecified atom stereocenters. The summed E-state index contributed by atoms with van der Waals surface area (Å²) in [6.07, 6.45) is 1.96. The number of nitrogens with zero attached hydrogens (tertiary/aromatic N) is 2. The number of unbranched alkanes of at least 4 members (excludes halogenated alkanes) is 1. The van der Waals surface area contributed by atoms with Crippen LogP contribution in [0.5, 0.6) is 17.2 Å². The van der Waals surface area contributed by atoms with Crippen LogP contribution >= 0.6 is 0 Å². The van der Waals surface area contributed by atoms with Gasteiger partial charge in [-0.05, 0) is 57.5 Å². The van der Waals surface area contributed by atoms with Gasteiger partial charge in [-0.15, -0.1) is 0 Å². The van der Waals surface area contributed by atoms with Gasteiger partial charge in [-0.25, -0.2) is 4.79 Å². The van der Waals surface area contributed by atoms with Crippen LogP contribution < -0.4 is 24.4 Å². The minimum atomic E-state index is -1.29. The number of carboxylic acid groups (broad SMARTS) is 1. The standard InChI is InChI=1S/C26H33N3O6/c1-26(2,25(31)32)35-23-8-4-3-7-21(23)29-14-12-28(13-15-29)11-5-6-16-33-19-9-10-22-20(17-19)27-24(30)18-34-22/h3-4,7-10,17H,5-6,11-16,18H2,1-2H3,(H,27,30)(H,31,32). The van der Waals surface area contributed by atoms with Gasteiger partial charge in [0.15, 0.2) is 12.2 Å². The lowest BCUT2D eigenvalue weighted by molar-refractivity contribution is -0.152. The van der Waals surface area contributed by atoms with E-state index in [4.69, 9.17) is 14.2 Å². The Balaban J connectivity index is 1.19. The molecule has 2 aliphatic rings. The highest BCUT2D eigenvalue weighted by atomic mass is 16.5. The molecule has 35 heavy (non-hydrogen) atoms. The highest BCUT2D eigenvalue weighted by molar-refractivity contribution is 5.95. The van der Waals surface area contributed by atoms with Crippen molar-refractivity contribution in [3.8, 4) is 17.2 Å². The average molecular weight is 484 g/mol. The Morgan fingerprint density at radius 1 is 1.11 bits per heavy atom. The van der Waals surface area contributed by atoms with Crippen molar-refractivity contribution in [2.24, 2.45) is 0 Å². The Labute approximate surface area is 205 Å². The lowest BCUT2D eigenvalue weighted by Gasteiger charge is -2.37. The van der Waals surface area contributed by atoms with Gasteiger partial charge in [-0.2, -0.15) is 0 Å². The van der Waals surface area contributed by atoms with Gasteiger partial charge in [0.25, 0.3) is 5.91 Å². The molecule has 0 bridgehead atoms. The number of piperazine rings is 1. The van der Waals surface area contributed by atoms with E-state index in [1.54, 1.807) is 19.9 Å². The van der Waals surface area contributed by atoms with Crippen LogP contribution in [-0.4, -0.2) is 73.4 Å². The monoisotopic (exact) mass is 483 g/mol. The number of ether oxygens (including phenoxy) is 3. The number of benzene rings is 2. The molecular weight excluding hydrogens is 450 g/mol. The third kappa shape index (κ3) is 6.36. The summed E-state index contributed by atoms with van der Waals surface area (Å²) >= 11 is 0. The molecule has 2 aliphatic heterocycles. The molecule has 0 aliphatic carbocycles. The topological polar surface area (TPSA) is 101 Å². The van der Waals surface area contributed by atoms with E-state index < -0.39 is 11.6 Å². The summed E-state index contributed by atoms with van der Waals surface area (Å²) in [5.74, 6) is 0.827. The van der Waals surface area contributed by atoms with Crippen molar-refractivity contribution < 1.29 is 28.9 Å². The summed E-state index contributed by atoms with van der Waals surface area (Å²) in [6, 6.07) is 13.1. The maximum Gasteiger partial charge on any atom is 0.347 e. The summed E-state index contributed by atoms with van der Waals surface area (Å²) < 4.78 is 17.1. The Kier molecular flexibility index (Phi) is 7.65. The Bertz CT molecular complexity index is 1050. The fourth-order valence-corrected chi connectivity index (χ4v) is 4.12. The van der Waals surface area contributed by atoms with E-state index in [1.807, 2.05) is 36.4 Å². The van der Waals surface area contributed by atoms with Gasteiger partial charge in [-0.3, -0.25) is 9.69 Å². The van der Waals surface area contributed by atoms with Crippen LogP contribution in [0, 0.1) is 0 Å². The molecule has 4 rings (SSSR count). The lowest BCUT2D eigenvalue weighted by atomic mass is 10.1. The first-order valence-electron chi connectivity index (χ1n) is 12.0. The zero-order valence-electron chi connectivity index (χ0n) is 20.3. The number of nitrogens with one attached hydrogen (secondary N) is 1. The molecule has 2 aromatic rings. The van der Waals surface area contributed by atoms with Crippen molar-refractivity contribution in [1.29, 1.82) is 0 Å². The van der Waals surface area contributed by atoms with Gasteiger partial charge in [0.05, 0.1) is 18.0 Å². The molecule has 9 nitrogen and oxygen atoms in total. The van der Waals surface area contributed by atoms with Crippen LogP contribution in [0.2, 0.25) is 0 Å². The summed E-state index contributed by atoms with van der Waals surface area (Å²) in [7, 11) is 0. The van der Waals surface area contributed by atoms with Crippen molar-refractivity contribution in [3.05, 3.63) is 42.5 Å². The van der Waals surface area contributed by atoms with E-state index in [2.05, 4.69) is 15.1 Å². The van der Waals surface area contributed by atoms with E-state index in [-0.39, 0.29) is 12.5 Å². The van der Waals surface area contributed by atoms with Gasteiger partial charge in [0.2, 0.25) is 0 Å². The number of hydrogen-bond acceptors (Lipinski definition) is 7. The zero-order chi connectivity index (χ0) is 24.8. The van der Waals surface area contributed by atoms with E-state index in [1.165, 1.54) is 0 Å². The Morgan fingerprint density at radius 2 is 1.89 bits per heavy atom. The van der Waals surface area contributed by atoms with E-state index in [0.717, 1.165) is 57.0 Å². The maximum absolute atomic E-state index is 11.5. The van der Waals surface area contributed by atoms with Crippen LogP contribution in [0.25, 0.3) is 0 Å². The lowest BCUT2D eigenvalue weighted by Crippen LogP contribution is -2.47. The minimum absolute atomic E-state index is 0.0463. The first kappa shape index (κ1) is 24.7. The van der Waals surface area contributed by atoms with E-state index in [0.29, 0.717) is 23.8 Å². The van der Waals surface area contributed by atoms with Crippen molar-refractivity contribution in [2.45, 2.75) is 32.3 Å². The molecule has 1 saturated heterocycles. The Hall–Kier alpha value is -3.46. The number of fused-ring (bicyclic) bond motifs is 1. The fourth-order valence-electron chi connectivity index (χ4n) is 4.12. The smallest absolute Gasteiger partial charge is 0.347 e. The number of carbonyl (C=O) groups excluding carboxylic acids is 1. The van der Waals surface area contributed by atoms with Crippen LogP contribution in [0.4, 0.5) is 11.4 Å². The molecule has 0 atom stereocenters. The summed E-state index contributed by atoms with van der Waals surface area (Å²) in [4.78, 5) is 27.6. The predicted octanol–water partition coefficient (Wildman–Crippen LogP) is 3.24. The van der Waals surface area contributed by atoms with Crippen LogP contribution in [0.15, 0.2) is 42.5 Å². The zero-order valence-corrected chi connectivity index (χ0v) is 20.3. The van der Waals surface area contributed by atoms with E-state index >= 15 is 0 Å². The molecule has 0 spiro atoms. The van der Waals surface area contributed by atoms with Gasteiger partial charge in [-0.1, -0.05) is 12.1 Å². The number of rotatable bonds is 10. The second kappa shape index (κ2) is 10.9. The molecular formula is C26H33N3O6. The number of aliphatic carboxylic acids is 1. The van der Waals surface area contributed by atoms with Crippen LogP contribution in [0.1, 0.15) is 26.7 Å². The molecule has 2 aromatic carbocycles. The number of anilines is 2. The Morgan fingerprint density at radius 3 is 2.66 bits per heavy atom. The fraction of sp³-hybridized carbons (Fsp3) is 0.462. The molecule has 0 saturated carbocycles. The van der Waals surface area contributed by atoms with E-state index in [9.17, 15) is 14.7 Å². The van der Waals surface area contributed by atoms with Crippen molar-refractivity contribution in [2.75, 3.05) is 56.2 Å². The molecule has 9 heteroatoms.